The molecule has 0 amide bonds. The molecule has 0 aromatic heterocycles. The highest BCUT2D eigenvalue weighted by Crippen LogP contribution is 2.14. The minimum atomic E-state index is -2.83. The van der Waals surface area contributed by atoms with E-state index in [1.807, 2.05) is 0 Å². The summed E-state index contributed by atoms with van der Waals surface area (Å²) < 4.78 is 27.5. The predicted octanol–water partition coefficient (Wildman–Crippen LogP) is -0.461. The van der Waals surface area contributed by atoms with Gasteiger partial charge in [-0.25, -0.2) is 8.42 Å². The largest absolute Gasteiger partial charge is 0.376 e. The summed E-state index contributed by atoms with van der Waals surface area (Å²) in [4.78, 5) is 0. The van der Waals surface area contributed by atoms with Crippen molar-refractivity contribution in [3.63, 3.8) is 0 Å². The molecule has 1 saturated heterocycles. The van der Waals surface area contributed by atoms with E-state index in [1.54, 1.807) is 0 Å². The molecule has 4 nitrogen and oxygen atoms in total. The summed E-state index contributed by atoms with van der Waals surface area (Å²) in [6.45, 7) is 0.913. The Labute approximate surface area is 73.0 Å². The average Bonchev–Trinajstić information content (AvgIpc) is 1.99. The van der Waals surface area contributed by atoms with E-state index in [9.17, 15) is 8.42 Å². The first kappa shape index (κ1) is 9.95. The van der Waals surface area contributed by atoms with E-state index in [0.29, 0.717) is 18.9 Å². The number of hydrogen-bond donors (Lipinski definition) is 1. The van der Waals surface area contributed by atoms with Crippen LogP contribution in [0.4, 0.5) is 0 Å². The third-order valence-corrected chi connectivity index (χ3v) is 3.68. The predicted molar refractivity (Wildman–Crippen MR) is 46.7 cm³/mol. The molecule has 12 heavy (non-hydrogen) atoms. The molecule has 0 spiro atoms. The molecule has 0 aromatic carbocycles. The van der Waals surface area contributed by atoms with Crippen LogP contribution in [0.1, 0.15) is 12.8 Å². The van der Waals surface area contributed by atoms with Gasteiger partial charge in [0, 0.05) is 6.54 Å². The minimum absolute atomic E-state index is 0.118. The number of sulfone groups is 1. The number of nitrogens with two attached hydrogens (primary N) is 1. The van der Waals surface area contributed by atoms with E-state index in [2.05, 4.69) is 0 Å². The molecule has 0 radical (unpaired) electrons. The fourth-order valence-electron chi connectivity index (χ4n) is 1.35. The van der Waals surface area contributed by atoms with Crippen LogP contribution in [-0.2, 0) is 14.6 Å². The molecule has 0 aromatic rings. The lowest BCUT2D eigenvalue weighted by molar-refractivity contribution is 0.0652. The zero-order chi connectivity index (χ0) is 9.03. The first-order chi connectivity index (χ1) is 5.64. The van der Waals surface area contributed by atoms with Crippen molar-refractivity contribution in [3.05, 3.63) is 0 Å². The molecule has 0 aliphatic carbocycles. The fraction of sp³-hybridized carbons (Fsp3) is 1.00. The molecule has 1 atom stereocenters. The molecule has 72 valence electrons. The van der Waals surface area contributed by atoms with E-state index in [-0.39, 0.29) is 11.9 Å². The van der Waals surface area contributed by atoms with Gasteiger partial charge in [0.05, 0.1) is 24.2 Å². The lowest BCUT2D eigenvalue weighted by Gasteiger charge is -2.21. The summed E-state index contributed by atoms with van der Waals surface area (Å²) in [5.74, 6) is 0.489. The van der Waals surface area contributed by atoms with Crippen LogP contribution in [0.25, 0.3) is 0 Å². The van der Waals surface area contributed by atoms with Crippen molar-refractivity contribution in [2.75, 3.05) is 24.7 Å². The molecule has 1 heterocycles. The topological polar surface area (TPSA) is 69.4 Å². The number of hydrogen-bond acceptors (Lipinski definition) is 4. The summed E-state index contributed by atoms with van der Waals surface area (Å²) in [6, 6.07) is 0. The van der Waals surface area contributed by atoms with Gasteiger partial charge in [-0.15, -0.1) is 0 Å². The molecule has 1 unspecified atom stereocenters. The second-order valence-corrected chi connectivity index (χ2v) is 5.27. The Morgan fingerprint density at radius 2 is 2.25 bits per heavy atom. The van der Waals surface area contributed by atoms with Crippen molar-refractivity contribution in [3.8, 4) is 0 Å². The summed E-state index contributed by atoms with van der Waals surface area (Å²) in [7, 11) is -2.83. The van der Waals surface area contributed by atoms with Crippen molar-refractivity contribution < 1.29 is 13.2 Å². The molecular formula is C7H15NO3S. The van der Waals surface area contributed by atoms with Gasteiger partial charge in [-0.3, -0.25) is 0 Å². The third kappa shape index (κ3) is 3.08. The number of rotatable bonds is 3. The quantitative estimate of drug-likeness (QED) is 0.658. The Morgan fingerprint density at radius 3 is 2.83 bits per heavy atom. The van der Waals surface area contributed by atoms with Crippen LogP contribution in [0.15, 0.2) is 0 Å². The highest BCUT2D eigenvalue weighted by molar-refractivity contribution is 7.91. The van der Waals surface area contributed by atoms with Crippen molar-refractivity contribution in [2.24, 2.45) is 5.73 Å². The molecule has 0 bridgehead atoms. The van der Waals surface area contributed by atoms with Crippen LogP contribution >= 0.6 is 0 Å². The minimum Gasteiger partial charge on any atom is -0.376 e. The van der Waals surface area contributed by atoms with E-state index in [4.69, 9.17) is 10.5 Å². The van der Waals surface area contributed by atoms with Crippen molar-refractivity contribution in [1.29, 1.82) is 0 Å². The highest BCUT2D eigenvalue weighted by Gasteiger charge is 2.24. The summed E-state index contributed by atoms with van der Waals surface area (Å²) >= 11 is 0. The lowest BCUT2D eigenvalue weighted by Crippen LogP contribution is -2.32. The second kappa shape index (κ2) is 4.20. The molecular weight excluding hydrogens is 178 g/mol. The van der Waals surface area contributed by atoms with Crippen LogP contribution in [-0.4, -0.2) is 39.2 Å². The Bertz CT molecular complexity index is 225. The first-order valence-corrected chi connectivity index (χ1v) is 5.98. The van der Waals surface area contributed by atoms with Crippen LogP contribution < -0.4 is 5.73 Å². The Morgan fingerprint density at radius 1 is 1.50 bits per heavy atom. The molecule has 5 heteroatoms. The smallest absolute Gasteiger partial charge is 0.152 e. The van der Waals surface area contributed by atoms with E-state index < -0.39 is 9.84 Å². The van der Waals surface area contributed by atoms with E-state index in [0.717, 1.165) is 12.8 Å². The fourth-order valence-corrected chi connectivity index (χ4v) is 2.95. The van der Waals surface area contributed by atoms with Gasteiger partial charge in [-0.05, 0) is 12.8 Å². The van der Waals surface area contributed by atoms with Crippen LogP contribution in [0, 0.1) is 0 Å². The molecule has 1 rings (SSSR count). The maximum absolute atomic E-state index is 11.1. The van der Waals surface area contributed by atoms with Crippen LogP contribution in [0.3, 0.4) is 0 Å². The molecule has 0 saturated carbocycles. The Kier molecular flexibility index (Phi) is 3.49. The van der Waals surface area contributed by atoms with Crippen molar-refractivity contribution >= 4 is 9.84 Å². The van der Waals surface area contributed by atoms with Gasteiger partial charge >= 0.3 is 0 Å². The van der Waals surface area contributed by atoms with E-state index in [1.165, 1.54) is 0 Å². The van der Waals surface area contributed by atoms with Crippen LogP contribution in [0.2, 0.25) is 0 Å². The average molecular weight is 193 g/mol. The maximum atomic E-state index is 11.1. The van der Waals surface area contributed by atoms with Gasteiger partial charge in [-0.2, -0.15) is 0 Å². The zero-order valence-electron chi connectivity index (χ0n) is 7.03. The SMILES string of the molecule is NCCOC1CCCS(=O)(=O)C1. The molecule has 2 N–H and O–H groups in total. The van der Waals surface area contributed by atoms with Gasteiger partial charge in [0.15, 0.2) is 9.84 Å². The summed E-state index contributed by atoms with van der Waals surface area (Å²) in [5.41, 5.74) is 5.24. The zero-order valence-corrected chi connectivity index (χ0v) is 7.85. The molecule has 1 aliphatic heterocycles. The normalized spacial score (nSPS) is 28.6. The van der Waals surface area contributed by atoms with E-state index >= 15 is 0 Å². The van der Waals surface area contributed by atoms with Gasteiger partial charge in [-0.1, -0.05) is 0 Å². The van der Waals surface area contributed by atoms with Gasteiger partial charge in [0.25, 0.3) is 0 Å². The second-order valence-electron chi connectivity index (χ2n) is 3.04. The standard InChI is InChI=1S/C7H15NO3S/c8-3-4-11-7-2-1-5-12(9,10)6-7/h7H,1-6,8H2. The summed E-state index contributed by atoms with van der Waals surface area (Å²) in [5, 5.41) is 0. The van der Waals surface area contributed by atoms with Crippen molar-refractivity contribution in [1.82, 2.24) is 0 Å². The monoisotopic (exact) mass is 193 g/mol. The number of ether oxygens (including phenoxy) is 1. The van der Waals surface area contributed by atoms with Gasteiger partial charge < -0.3 is 10.5 Å². The molecule has 1 aliphatic rings. The molecule has 1 fully saturated rings. The van der Waals surface area contributed by atoms with Crippen molar-refractivity contribution in [2.45, 2.75) is 18.9 Å². The first-order valence-electron chi connectivity index (χ1n) is 4.16. The van der Waals surface area contributed by atoms with Gasteiger partial charge in [0.1, 0.15) is 0 Å². The Hall–Kier alpha value is -0.130. The Balaban J connectivity index is 2.36. The van der Waals surface area contributed by atoms with Crippen LogP contribution in [0.5, 0.6) is 0 Å². The third-order valence-electron chi connectivity index (χ3n) is 1.89. The lowest BCUT2D eigenvalue weighted by atomic mass is 10.2. The maximum Gasteiger partial charge on any atom is 0.152 e. The summed E-state index contributed by atoms with van der Waals surface area (Å²) in [6.07, 6.45) is 1.45. The van der Waals surface area contributed by atoms with Gasteiger partial charge in [0.2, 0.25) is 0 Å². The highest BCUT2D eigenvalue weighted by atomic mass is 32.2.